The van der Waals surface area contributed by atoms with E-state index < -0.39 is 6.10 Å². The average Bonchev–Trinajstić information content (AvgIpc) is 3.42. The first kappa shape index (κ1) is 73.1. The molecule has 0 rings (SSSR count). The second kappa shape index (κ2) is 64.6. The molecular formula is C70H126O6. The summed E-state index contributed by atoms with van der Waals surface area (Å²) in [5.41, 5.74) is 0. The number of carbonyl (C=O) groups excluding carboxylic acids is 3. The molecule has 1 atom stereocenters. The maximum Gasteiger partial charge on any atom is 0.306 e. The van der Waals surface area contributed by atoms with Crippen molar-refractivity contribution >= 4 is 17.9 Å². The van der Waals surface area contributed by atoms with Crippen LogP contribution in [0.4, 0.5) is 0 Å². The lowest BCUT2D eigenvalue weighted by atomic mass is 10.0. The lowest BCUT2D eigenvalue weighted by Gasteiger charge is -2.18. The summed E-state index contributed by atoms with van der Waals surface area (Å²) in [6.07, 6.45) is 82.3. The Balaban J connectivity index is 4.35. The fraction of sp³-hybridized carbons (Fsp3) is 0.814. The van der Waals surface area contributed by atoms with Crippen LogP contribution in [0.5, 0.6) is 0 Å². The molecule has 0 N–H and O–H groups in total. The first-order valence-electron chi connectivity index (χ1n) is 33.3. The summed E-state index contributed by atoms with van der Waals surface area (Å²) < 4.78 is 17.0. The van der Waals surface area contributed by atoms with Crippen LogP contribution in [0.15, 0.2) is 60.8 Å². The highest BCUT2D eigenvalue weighted by Gasteiger charge is 2.19. The Morgan fingerprint density at radius 2 is 0.513 bits per heavy atom. The minimum Gasteiger partial charge on any atom is -0.462 e. The fourth-order valence-corrected chi connectivity index (χ4v) is 9.79. The Labute approximate surface area is 472 Å². The zero-order chi connectivity index (χ0) is 55.0. The van der Waals surface area contributed by atoms with Crippen LogP contribution in [0.2, 0.25) is 0 Å². The molecule has 0 radical (unpaired) electrons. The molecule has 0 saturated heterocycles. The van der Waals surface area contributed by atoms with E-state index in [1.54, 1.807) is 0 Å². The molecule has 0 bridgehead atoms. The van der Waals surface area contributed by atoms with Crippen LogP contribution in [0.3, 0.4) is 0 Å². The van der Waals surface area contributed by atoms with Crippen molar-refractivity contribution in [2.75, 3.05) is 13.2 Å². The first-order chi connectivity index (χ1) is 37.5. The van der Waals surface area contributed by atoms with E-state index in [9.17, 15) is 14.4 Å². The second-order valence-electron chi connectivity index (χ2n) is 22.4. The van der Waals surface area contributed by atoms with Gasteiger partial charge in [0.2, 0.25) is 0 Å². The van der Waals surface area contributed by atoms with E-state index in [-0.39, 0.29) is 31.1 Å². The molecule has 0 amide bonds. The van der Waals surface area contributed by atoms with E-state index in [2.05, 4.69) is 81.5 Å². The van der Waals surface area contributed by atoms with E-state index in [1.165, 1.54) is 212 Å². The Bertz CT molecular complexity index is 1360. The quantitative estimate of drug-likeness (QED) is 0.0261. The predicted molar refractivity (Wildman–Crippen MR) is 330 cm³/mol. The summed E-state index contributed by atoms with van der Waals surface area (Å²) in [7, 11) is 0. The molecule has 1 unspecified atom stereocenters. The van der Waals surface area contributed by atoms with Gasteiger partial charge in [-0.15, -0.1) is 0 Å². The molecule has 0 aliphatic rings. The van der Waals surface area contributed by atoms with Crippen molar-refractivity contribution in [3.8, 4) is 0 Å². The van der Waals surface area contributed by atoms with Crippen molar-refractivity contribution in [2.24, 2.45) is 0 Å². The lowest BCUT2D eigenvalue weighted by Crippen LogP contribution is -2.30. The van der Waals surface area contributed by atoms with Gasteiger partial charge >= 0.3 is 17.9 Å². The normalized spacial score (nSPS) is 12.4. The molecule has 0 aromatic carbocycles. The Morgan fingerprint density at radius 3 is 0.816 bits per heavy atom. The maximum absolute atomic E-state index is 12.9. The topological polar surface area (TPSA) is 78.9 Å². The van der Waals surface area contributed by atoms with Crippen molar-refractivity contribution in [1.29, 1.82) is 0 Å². The van der Waals surface area contributed by atoms with Gasteiger partial charge in [-0.2, -0.15) is 0 Å². The molecule has 0 fully saturated rings. The van der Waals surface area contributed by atoms with Gasteiger partial charge < -0.3 is 14.2 Å². The highest BCUT2D eigenvalue weighted by atomic mass is 16.6. The third-order valence-electron chi connectivity index (χ3n) is 14.8. The van der Waals surface area contributed by atoms with Gasteiger partial charge in [0, 0.05) is 19.3 Å². The van der Waals surface area contributed by atoms with Crippen molar-refractivity contribution in [2.45, 2.75) is 354 Å². The molecule has 0 heterocycles. The summed E-state index contributed by atoms with van der Waals surface area (Å²) in [5.74, 6) is -0.885. The molecule has 6 nitrogen and oxygen atoms in total. The minimum atomic E-state index is -0.785. The van der Waals surface area contributed by atoms with E-state index in [0.717, 1.165) is 96.3 Å². The van der Waals surface area contributed by atoms with Gasteiger partial charge in [0.15, 0.2) is 6.10 Å². The number of hydrogen-bond donors (Lipinski definition) is 0. The number of allylic oxidation sites excluding steroid dienone is 10. The van der Waals surface area contributed by atoms with Crippen LogP contribution in [0.1, 0.15) is 348 Å². The Morgan fingerprint density at radius 1 is 0.276 bits per heavy atom. The molecule has 0 aliphatic carbocycles. The summed E-state index contributed by atoms with van der Waals surface area (Å²) in [4.78, 5) is 38.4. The molecular weight excluding hydrogens is 937 g/mol. The summed E-state index contributed by atoms with van der Waals surface area (Å²) in [6, 6.07) is 0. The van der Waals surface area contributed by atoms with Crippen LogP contribution in [-0.2, 0) is 28.6 Å². The number of rotatable bonds is 61. The maximum atomic E-state index is 12.9. The van der Waals surface area contributed by atoms with Gasteiger partial charge in [-0.05, 0) is 83.5 Å². The van der Waals surface area contributed by atoms with Crippen molar-refractivity contribution in [3.63, 3.8) is 0 Å². The van der Waals surface area contributed by atoms with E-state index in [0.29, 0.717) is 19.3 Å². The molecule has 0 aromatic heterocycles. The molecule has 0 aromatic rings. The Kier molecular flexibility index (Phi) is 62.2. The van der Waals surface area contributed by atoms with Gasteiger partial charge in [-0.1, -0.05) is 306 Å². The molecule has 76 heavy (non-hydrogen) atoms. The van der Waals surface area contributed by atoms with Gasteiger partial charge in [0.05, 0.1) is 0 Å². The zero-order valence-electron chi connectivity index (χ0n) is 50.8. The predicted octanol–water partition coefficient (Wildman–Crippen LogP) is 22.7. The fourth-order valence-electron chi connectivity index (χ4n) is 9.79. The average molecular weight is 1060 g/mol. The van der Waals surface area contributed by atoms with Gasteiger partial charge in [0.1, 0.15) is 13.2 Å². The van der Waals surface area contributed by atoms with Gasteiger partial charge in [-0.25, -0.2) is 0 Å². The first-order valence-corrected chi connectivity index (χ1v) is 33.3. The van der Waals surface area contributed by atoms with Crippen LogP contribution < -0.4 is 0 Å². The third-order valence-corrected chi connectivity index (χ3v) is 14.8. The zero-order valence-corrected chi connectivity index (χ0v) is 50.8. The second-order valence-corrected chi connectivity index (χ2v) is 22.4. The number of carbonyl (C=O) groups is 3. The van der Waals surface area contributed by atoms with Crippen molar-refractivity contribution in [1.82, 2.24) is 0 Å². The molecule has 442 valence electrons. The van der Waals surface area contributed by atoms with E-state index >= 15 is 0 Å². The van der Waals surface area contributed by atoms with Crippen molar-refractivity contribution < 1.29 is 28.6 Å². The summed E-state index contributed by atoms with van der Waals surface area (Å²) >= 11 is 0. The number of unbranched alkanes of at least 4 members (excludes halogenated alkanes) is 40. The lowest BCUT2D eigenvalue weighted by molar-refractivity contribution is -0.167. The number of ether oxygens (including phenoxy) is 3. The molecule has 0 aliphatic heterocycles. The minimum absolute atomic E-state index is 0.0794. The van der Waals surface area contributed by atoms with Crippen LogP contribution in [0.25, 0.3) is 0 Å². The summed E-state index contributed by atoms with van der Waals surface area (Å²) in [6.45, 7) is 6.56. The number of hydrogen-bond acceptors (Lipinski definition) is 6. The monoisotopic (exact) mass is 1060 g/mol. The standard InChI is InChI=1S/C70H126O6/c1-4-7-10-13-16-19-22-25-28-31-33-34-35-37-39-42-45-48-51-54-57-60-63-69(72)75-66-67(65-74-68(71)62-59-56-53-50-47-44-41-38-30-27-24-21-18-15-12-9-6-3)76-70(73)64-61-58-55-52-49-46-43-40-36-32-29-26-23-20-17-14-11-8-5-2/h9,12,18,21,26-27,29-30,41,44,67H,4-8,10-11,13-17,19-20,22-25,28,31-40,42-43,45-66H2,1-3H3/b12-9-,21-18-,29-26-,30-27-,44-41-. The largest absolute Gasteiger partial charge is 0.462 e. The SMILES string of the molecule is CC/C=C\C/C=C\C/C=C\C/C=C\CCCCCCC(=O)OCC(COC(=O)CCCCCCCCCCCCCCCCCCCCCCCC)OC(=O)CCCCCCCCCCC/C=C\CCCCCCCC. The smallest absolute Gasteiger partial charge is 0.306 e. The highest BCUT2D eigenvalue weighted by molar-refractivity contribution is 5.71. The van der Waals surface area contributed by atoms with Crippen LogP contribution in [-0.4, -0.2) is 37.2 Å². The Hall–Kier alpha value is -2.89. The summed E-state index contributed by atoms with van der Waals surface area (Å²) in [5, 5.41) is 0. The van der Waals surface area contributed by atoms with Crippen LogP contribution >= 0.6 is 0 Å². The molecule has 6 heteroatoms. The highest BCUT2D eigenvalue weighted by Crippen LogP contribution is 2.18. The molecule has 0 saturated carbocycles. The van der Waals surface area contributed by atoms with Gasteiger partial charge in [-0.3, -0.25) is 14.4 Å². The molecule has 0 spiro atoms. The van der Waals surface area contributed by atoms with Gasteiger partial charge in [0.25, 0.3) is 0 Å². The van der Waals surface area contributed by atoms with Crippen LogP contribution in [0, 0.1) is 0 Å². The van der Waals surface area contributed by atoms with E-state index in [4.69, 9.17) is 14.2 Å². The third kappa shape index (κ3) is 62.0. The number of esters is 3. The van der Waals surface area contributed by atoms with E-state index in [1.807, 2.05) is 0 Å². The van der Waals surface area contributed by atoms with Crippen molar-refractivity contribution in [3.05, 3.63) is 60.8 Å².